The van der Waals surface area contributed by atoms with Crippen molar-refractivity contribution in [3.05, 3.63) is 58.9 Å². The van der Waals surface area contributed by atoms with Crippen LogP contribution < -0.4 is 5.32 Å². The summed E-state index contributed by atoms with van der Waals surface area (Å²) < 4.78 is 25.1. The highest BCUT2D eigenvalue weighted by molar-refractivity contribution is 7.88. The number of pyridine rings is 1. The van der Waals surface area contributed by atoms with Crippen LogP contribution in [0.4, 0.5) is 5.69 Å². The summed E-state index contributed by atoms with van der Waals surface area (Å²) in [5, 5.41) is 3.32. The lowest BCUT2D eigenvalue weighted by Crippen LogP contribution is -2.33. The molecule has 0 aliphatic heterocycles. The molecule has 0 saturated carbocycles. The molecule has 1 aromatic carbocycles. The fourth-order valence-electron chi connectivity index (χ4n) is 2.22. The van der Waals surface area contributed by atoms with Gasteiger partial charge in [-0.25, -0.2) is 8.42 Å². The zero-order valence-electron chi connectivity index (χ0n) is 14.1. The second-order valence-electron chi connectivity index (χ2n) is 5.63. The molecule has 1 amide bonds. The standard InChI is InChI=1S/C17H20ClN3O3S/c1-13-15(18)7-5-8-16(13)20-17(22)9-11-21(25(2,23)24)12-14-6-3-4-10-19-14/h3-8,10H,9,11-12H2,1-2H3,(H,20,22). The van der Waals surface area contributed by atoms with E-state index in [0.29, 0.717) is 16.4 Å². The zero-order chi connectivity index (χ0) is 18.4. The van der Waals surface area contributed by atoms with Gasteiger partial charge in [-0.2, -0.15) is 4.31 Å². The SMILES string of the molecule is Cc1c(Cl)cccc1NC(=O)CCN(Cc1ccccn1)S(C)(=O)=O. The number of anilines is 1. The number of aromatic nitrogens is 1. The Morgan fingerprint density at radius 2 is 2.00 bits per heavy atom. The second kappa shape index (κ2) is 8.42. The summed E-state index contributed by atoms with van der Waals surface area (Å²) in [6.07, 6.45) is 2.76. The van der Waals surface area contributed by atoms with E-state index >= 15 is 0 Å². The number of sulfonamides is 1. The van der Waals surface area contributed by atoms with Gasteiger partial charge in [0.1, 0.15) is 0 Å². The van der Waals surface area contributed by atoms with Crippen LogP contribution in [-0.2, 0) is 21.4 Å². The molecule has 0 aliphatic rings. The first-order valence-electron chi connectivity index (χ1n) is 7.67. The number of nitrogens with one attached hydrogen (secondary N) is 1. The van der Waals surface area contributed by atoms with Crippen molar-refractivity contribution in [1.29, 1.82) is 0 Å². The number of amides is 1. The van der Waals surface area contributed by atoms with Gasteiger partial charge in [-0.3, -0.25) is 9.78 Å². The molecule has 1 heterocycles. The van der Waals surface area contributed by atoms with Crippen molar-refractivity contribution < 1.29 is 13.2 Å². The molecule has 25 heavy (non-hydrogen) atoms. The summed E-state index contributed by atoms with van der Waals surface area (Å²) in [5.74, 6) is -0.278. The lowest BCUT2D eigenvalue weighted by atomic mass is 10.2. The van der Waals surface area contributed by atoms with Crippen LogP contribution in [0, 0.1) is 6.92 Å². The first kappa shape index (κ1) is 19.4. The lowest BCUT2D eigenvalue weighted by molar-refractivity contribution is -0.116. The number of nitrogens with zero attached hydrogens (tertiary/aromatic N) is 2. The van der Waals surface area contributed by atoms with Crippen LogP contribution in [0.3, 0.4) is 0 Å². The number of hydrogen-bond donors (Lipinski definition) is 1. The van der Waals surface area contributed by atoms with Gasteiger partial charge < -0.3 is 5.32 Å². The monoisotopic (exact) mass is 381 g/mol. The summed E-state index contributed by atoms with van der Waals surface area (Å²) in [7, 11) is -3.45. The molecule has 6 nitrogen and oxygen atoms in total. The number of halogens is 1. The number of rotatable bonds is 7. The van der Waals surface area contributed by atoms with Crippen LogP contribution in [-0.4, -0.2) is 36.4 Å². The van der Waals surface area contributed by atoms with Crippen LogP contribution in [0.5, 0.6) is 0 Å². The minimum absolute atomic E-state index is 0.0336. The molecule has 2 rings (SSSR count). The fraction of sp³-hybridized carbons (Fsp3) is 0.294. The fourth-order valence-corrected chi connectivity index (χ4v) is 3.18. The molecule has 0 fully saturated rings. The van der Waals surface area contributed by atoms with Crippen LogP contribution in [0.2, 0.25) is 5.02 Å². The molecular formula is C17H20ClN3O3S. The maximum absolute atomic E-state index is 12.2. The number of carbonyl (C=O) groups excluding carboxylic acids is 1. The molecule has 134 valence electrons. The molecule has 0 unspecified atom stereocenters. The molecule has 1 aromatic heterocycles. The quantitative estimate of drug-likeness (QED) is 0.799. The normalized spacial score (nSPS) is 11.5. The first-order valence-corrected chi connectivity index (χ1v) is 9.90. The van der Waals surface area contributed by atoms with E-state index in [-0.39, 0.29) is 25.4 Å². The summed E-state index contributed by atoms with van der Waals surface area (Å²) in [6.45, 7) is 2.01. The molecule has 8 heteroatoms. The lowest BCUT2D eigenvalue weighted by Gasteiger charge is -2.19. The van der Waals surface area contributed by atoms with Crippen LogP contribution in [0.15, 0.2) is 42.6 Å². The maximum atomic E-state index is 12.2. The second-order valence-corrected chi connectivity index (χ2v) is 8.02. The van der Waals surface area contributed by atoms with Crippen molar-refractivity contribution in [3.8, 4) is 0 Å². The number of carbonyl (C=O) groups is 1. The summed E-state index contributed by atoms with van der Waals surface area (Å²) in [5.41, 5.74) is 2.01. The molecule has 2 aromatic rings. The van der Waals surface area contributed by atoms with Crippen LogP contribution in [0.25, 0.3) is 0 Å². The Hall–Kier alpha value is -1.96. The van der Waals surface area contributed by atoms with Crippen molar-refractivity contribution in [2.24, 2.45) is 0 Å². The summed E-state index contributed by atoms with van der Waals surface area (Å²) in [4.78, 5) is 16.3. The predicted molar refractivity (Wildman–Crippen MR) is 98.9 cm³/mol. The van der Waals surface area contributed by atoms with E-state index in [1.165, 1.54) is 4.31 Å². The first-order chi connectivity index (χ1) is 11.8. The zero-order valence-corrected chi connectivity index (χ0v) is 15.6. The Kier molecular flexibility index (Phi) is 6.52. The van der Waals surface area contributed by atoms with Gasteiger partial charge in [-0.1, -0.05) is 23.7 Å². The van der Waals surface area contributed by atoms with Gasteiger partial charge in [0, 0.05) is 29.9 Å². The van der Waals surface area contributed by atoms with Crippen LogP contribution >= 0.6 is 11.6 Å². The molecule has 1 N–H and O–H groups in total. The minimum Gasteiger partial charge on any atom is -0.326 e. The molecule has 0 spiro atoms. The Morgan fingerprint density at radius 3 is 2.64 bits per heavy atom. The van der Waals surface area contributed by atoms with Gasteiger partial charge in [-0.15, -0.1) is 0 Å². The number of hydrogen-bond acceptors (Lipinski definition) is 4. The largest absolute Gasteiger partial charge is 0.326 e. The predicted octanol–water partition coefficient (Wildman–Crippen LogP) is 2.83. The third-order valence-corrected chi connectivity index (χ3v) is 5.32. The smallest absolute Gasteiger partial charge is 0.225 e. The van der Waals surface area contributed by atoms with Crippen molar-refractivity contribution in [2.45, 2.75) is 19.9 Å². The molecule has 0 atom stereocenters. The van der Waals surface area contributed by atoms with Crippen molar-refractivity contribution >= 4 is 33.2 Å². The summed E-state index contributed by atoms with van der Waals surface area (Å²) >= 11 is 6.03. The molecule has 0 aliphatic carbocycles. The van der Waals surface area contributed by atoms with Crippen molar-refractivity contribution in [2.75, 3.05) is 18.1 Å². The minimum atomic E-state index is -3.45. The average Bonchev–Trinajstić information content (AvgIpc) is 2.55. The topological polar surface area (TPSA) is 79.4 Å². The summed E-state index contributed by atoms with van der Waals surface area (Å²) in [6, 6.07) is 10.5. The van der Waals surface area contributed by atoms with Crippen LogP contribution in [0.1, 0.15) is 17.7 Å². The third kappa shape index (κ3) is 5.81. The Labute approximate surface area is 152 Å². The van der Waals surface area contributed by atoms with Crippen molar-refractivity contribution in [3.63, 3.8) is 0 Å². The van der Waals surface area contributed by atoms with Gasteiger partial charge in [0.15, 0.2) is 0 Å². The Balaban J connectivity index is 2.00. The molecular weight excluding hydrogens is 362 g/mol. The van der Waals surface area contributed by atoms with Gasteiger partial charge in [-0.05, 0) is 36.8 Å². The van der Waals surface area contributed by atoms with E-state index in [1.807, 2.05) is 6.92 Å². The maximum Gasteiger partial charge on any atom is 0.225 e. The highest BCUT2D eigenvalue weighted by Crippen LogP contribution is 2.23. The number of benzene rings is 1. The van der Waals surface area contributed by atoms with Gasteiger partial charge in [0.05, 0.1) is 18.5 Å². The van der Waals surface area contributed by atoms with E-state index in [0.717, 1.165) is 11.8 Å². The average molecular weight is 382 g/mol. The molecule has 0 bridgehead atoms. The van der Waals surface area contributed by atoms with E-state index in [1.54, 1.807) is 42.6 Å². The Morgan fingerprint density at radius 1 is 1.24 bits per heavy atom. The van der Waals surface area contributed by atoms with Gasteiger partial charge in [0.2, 0.25) is 15.9 Å². The van der Waals surface area contributed by atoms with E-state index < -0.39 is 10.0 Å². The van der Waals surface area contributed by atoms with E-state index in [9.17, 15) is 13.2 Å². The van der Waals surface area contributed by atoms with E-state index in [4.69, 9.17) is 11.6 Å². The van der Waals surface area contributed by atoms with E-state index in [2.05, 4.69) is 10.3 Å². The Bertz CT molecular complexity index is 841. The van der Waals surface area contributed by atoms with Crippen molar-refractivity contribution in [1.82, 2.24) is 9.29 Å². The molecule has 0 saturated heterocycles. The third-order valence-electron chi connectivity index (χ3n) is 3.66. The van der Waals surface area contributed by atoms with Gasteiger partial charge in [0.25, 0.3) is 0 Å². The van der Waals surface area contributed by atoms with Gasteiger partial charge >= 0.3 is 0 Å². The molecule has 0 radical (unpaired) electrons. The highest BCUT2D eigenvalue weighted by Gasteiger charge is 2.19. The highest BCUT2D eigenvalue weighted by atomic mass is 35.5.